The third-order valence-corrected chi connectivity index (χ3v) is 3.23. The molecule has 0 aliphatic carbocycles. The summed E-state index contributed by atoms with van der Waals surface area (Å²) in [5.41, 5.74) is 0.653. The molecule has 16 heavy (non-hydrogen) atoms. The first-order chi connectivity index (χ1) is 7.39. The van der Waals surface area contributed by atoms with Crippen LogP contribution in [-0.4, -0.2) is 17.6 Å². The van der Waals surface area contributed by atoms with Crippen molar-refractivity contribution >= 4 is 44.8 Å². The molecular formula is C8H4BrF3INO2. The van der Waals surface area contributed by atoms with Crippen LogP contribution in [0, 0.1) is 3.57 Å². The maximum absolute atomic E-state index is 12.0. The van der Waals surface area contributed by atoms with E-state index in [1.807, 2.05) is 0 Å². The average molecular weight is 410 g/mol. The lowest BCUT2D eigenvalue weighted by atomic mass is 10.2. The van der Waals surface area contributed by atoms with E-state index >= 15 is 0 Å². The Kier molecular flexibility index (Phi) is 4.53. The molecule has 0 aliphatic heterocycles. The van der Waals surface area contributed by atoms with Gasteiger partial charge in [-0.15, -0.1) is 13.2 Å². The molecule has 0 aliphatic rings. The number of halogens is 5. The SMILES string of the molecule is O=Cc1c(CBr)cnc(OC(F)(F)F)c1I. The molecule has 0 radical (unpaired) electrons. The second kappa shape index (κ2) is 5.30. The van der Waals surface area contributed by atoms with Gasteiger partial charge in [-0.1, -0.05) is 15.9 Å². The van der Waals surface area contributed by atoms with Crippen molar-refractivity contribution in [1.29, 1.82) is 0 Å². The Balaban J connectivity index is 3.19. The van der Waals surface area contributed by atoms with Crippen molar-refractivity contribution < 1.29 is 22.7 Å². The molecule has 0 N–H and O–H groups in total. The van der Waals surface area contributed by atoms with Gasteiger partial charge in [0.05, 0.1) is 3.57 Å². The van der Waals surface area contributed by atoms with Crippen LogP contribution < -0.4 is 4.74 Å². The summed E-state index contributed by atoms with van der Waals surface area (Å²) in [6.07, 6.45) is -3.17. The van der Waals surface area contributed by atoms with Crippen LogP contribution in [0.2, 0.25) is 0 Å². The lowest BCUT2D eigenvalue weighted by Crippen LogP contribution is -2.19. The highest BCUT2D eigenvalue weighted by Crippen LogP contribution is 2.29. The fourth-order valence-corrected chi connectivity index (χ4v) is 2.10. The van der Waals surface area contributed by atoms with Gasteiger partial charge < -0.3 is 4.74 Å². The number of pyridine rings is 1. The molecule has 0 amide bonds. The predicted octanol–water partition coefficient (Wildman–Crippen LogP) is 3.29. The van der Waals surface area contributed by atoms with Gasteiger partial charge in [-0.25, -0.2) is 4.98 Å². The number of nitrogens with zero attached hydrogens (tertiary/aromatic N) is 1. The second-order valence-electron chi connectivity index (χ2n) is 2.62. The Morgan fingerprint density at radius 3 is 2.62 bits per heavy atom. The quantitative estimate of drug-likeness (QED) is 0.437. The molecule has 1 heterocycles. The minimum absolute atomic E-state index is 0.0434. The number of aromatic nitrogens is 1. The van der Waals surface area contributed by atoms with Gasteiger partial charge in [-0.2, -0.15) is 0 Å². The van der Waals surface area contributed by atoms with Gasteiger partial charge in [0.1, 0.15) is 0 Å². The highest BCUT2D eigenvalue weighted by molar-refractivity contribution is 14.1. The maximum atomic E-state index is 12.0. The van der Waals surface area contributed by atoms with Gasteiger partial charge in [0.15, 0.2) is 6.29 Å². The number of rotatable bonds is 3. The molecule has 88 valence electrons. The van der Waals surface area contributed by atoms with Crippen LogP contribution in [0.1, 0.15) is 15.9 Å². The molecule has 0 atom stereocenters. The van der Waals surface area contributed by atoms with Gasteiger partial charge >= 0.3 is 6.36 Å². The van der Waals surface area contributed by atoms with Crippen LogP contribution in [0.25, 0.3) is 0 Å². The van der Waals surface area contributed by atoms with E-state index in [0.717, 1.165) is 0 Å². The van der Waals surface area contributed by atoms with Crippen molar-refractivity contribution in [3.05, 3.63) is 20.9 Å². The van der Waals surface area contributed by atoms with Crippen molar-refractivity contribution in [3.63, 3.8) is 0 Å². The maximum Gasteiger partial charge on any atom is 0.574 e. The first-order valence-electron chi connectivity index (χ1n) is 3.83. The molecule has 0 spiro atoms. The molecule has 1 aromatic rings. The predicted molar refractivity (Wildman–Crippen MR) is 61.7 cm³/mol. The molecule has 3 nitrogen and oxygen atoms in total. The Morgan fingerprint density at radius 2 is 2.19 bits per heavy atom. The molecule has 1 aromatic heterocycles. The van der Waals surface area contributed by atoms with E-state index in [4.69, 9.17) is 0 Å². The van der Waals surface area contributed by atoms with Crippen LogP contribution in [0.15, 0.2) is 6.20 Å². The molecule has 0 saturated heterocycles. The third-order valence-electron chi connectivity index (χ3n) is 1.58. The van der Waals surface area contributed by atoms with Crippen molar-refractivity contribution in [2.45, 2.75) is 11.7 Å². The first kappa shape index (κ1) is 13.7. The first-order valence-corrected chi connectivity index (χ1v) is 6.03. The fourth-order valence-electron chi connectivity index (χ4n) is 0.934. The largest absolute Gasteiger partial charge is 0.574 e. The number of carbonyl (C=O) groups is 1. The van der Waals surface area contributed by atoms with Crippen molar-refractivity contribution in [2.75, 3.05) is 0 Å². The van der Waals surface area contributed by atoms with E-state index in [1.54, 1.807) is 22.6 Å². The number of carbonyl (C=O) groups excluding carboxylic acids is 1. The normalized spacial score (nSPS) is 11.3. The van der Waals surface area contributed by atoms with E-state index in [9.17, 15) is 18.0 Å². The summed E-state index contributed by atoms with van der Waals surface area (Å²) in [7, 11) is 0. The monoisotopic (exact) mass is 409 g/mol. The molecule has 0 unspecified atom stereocenters. The number of aldehydes is 1. The second-order valence-corrected chi connectivity index (χ2v) is 4.26. The molecule has 0 bridgehead atoms. The number of alkyl halides is 4. The zero-order valence-electron chi connectivity index (χ0n) is 7.52. The zero-order valence-corrected chi connectivity index (χ0v) is 11.3. The van der Waals surface area contributed by atoms with Gasteiger partial charge in [-0.3, -0.25) is 4.79 Å². The highest BCUT2D eigenvalue weighted by Gasteiger charge is 2.33. The summed E-state index contributed by atoms with van der Waals surface area (Å²) >= 11 is 4.69. The summed E-state index contributed by atoms with van der Waals surface area (Å²) < 4.78 is 39.7. The summed E-state index contributed by atoms with van der Waals surface area (Å²) in [6, 6.07) is 0. The smallest absolute Gasteiger partial charge is 0.387 e. The Hall–Kier alpha value is -0.380. The highest BCUT2D eigenvalue weighted by atomic mass is 127. The van der Waals surface area contributed by atoms with Gasteiger partial charge in [-0.05, 0) is 28.2 Å². The number of hydrogen-bond acceptors (Lipinski definition) is 3. The summed E-state index contributed by atoms with van der Waals surface area (Å²) in [6.45, 7) is 0. The molecule has 8 heteroatoms. The van der Waals surface area contributed by atoms with Crippen LogP contribution in [0.5, 0.6) is 5.88 Å². The summed E-state index contributed by atoms with van der Waals surface area (Å²) in [4.78, 5) is 14.2. The van der Waals surface area contributed by atoms with Gasteiger partial charge in [0.2, 0.25) is 5.88 Å². The van der Waals surface area contributed by atoms with E-state index in [0.29, 0.717) is 17.2 Å². The minimum Gasteiger partial charge on any atom is -0.387 e. The Morgan fingerprint density at radius 1 is 1.56 bits per heavy atom. The van der Waals surface area contributed by atoms with Crippen LogP contribution in [0.4, 0.5) is 13.2 Å². The number of hydrogen-bond donors (Lipinski definition) is 0. The fraction of sp³-hybridized carbons (Fsp3) is 0.250. The Labute approximate surface area is 111 Å². The lowest BCUT2D eigenvalue weighted by molar-refractivity contribution is -0.276. The van der Waals surface area contributed by atoms with Crippen LogP contribution in [-0.2, 0) is 5.33 Å². The van der Waals surface area contributed by atoms with Gasteiger partial charge in [0, 0.05) is 17.1 Å². The van der Waals surface area contributed by atoms with Gasteiger partial charge in [0.25, 0.3) is 0 Å². The molecule has 0 aromatic carbocycles. The molecule has 1 rings (SSSR count). The topological polar surface area (TPSA) is 39.2 Å². The molecule has 0 fully saturated rings. The van der Waals surface area contributed by atoms with Crippen molar-refractivity contribution in [2.24, 2.45) is 0 Å². The van der Waals surface area contributed by atoms with Crippen LogP contribution in [0.3, 0.4) is 0 Å². The van der Waals surface area contributed by atoms with E-state index in [1.165, 1.54) is 6.20 Å². The number of ether oxygens (including phenoxy) is 1. The van der Waals surface area contributed by atoms with Crippen molar-refractivity contribution in [1.82, 2.24) is 4.98 Å². The van der Waals surface area contributed by atoms with Crippen LogP contribution >= 0.6 is 38.5 Å². The third kappa shape index (κ3) is 3.30. The molecule has 0 saturated carbocycles. The standard InChI is InChI=1S/C8H4BrF3INO2/c9-1-4-2-14-7(16-8(10,11)12)6(13)5(4)3-15/h2-3H,1H2. The summed E-state index contributed by atoms with van der Waals surface area (Å²) in [5.74, 6) is -0.611. The lowest BCUT2D eigenvalue weighted by Gasteiger charge is -2.11. The Bertz CT molecular complexity index is 411. The van der Waals surface area contributed by atoms with E-state index in [2.05, 4.69) is 25.7 Å². The molecular weight excluding hydrogens is 406 g/mol. The minimum atomic E-state index is -4.82. The van der Waals surface area contributed by atoms with E-state index in [-0.39, 0.29) is 9.13 Å². The van der Waals surface area contributed by atoms with Crippen molar-refractivity contribution in [3.8, 4) is 5.88 Å². The zero-order chi connectivity index (χ0) is 12.3. The summed E-state index contributed by atoms with van der Waals surface area (Å²) in [5, 5.41) is 0.330. The van der Waals surface area contributed by atoms with E-state index < -0.39 is 12.2 Å². The average Bonchev–Trinajstić information content (AvgIpc) is 2.19.